The summed E-state index contributed by atoms with van der Waals surface area (Å²) in [6.45, 7) is 4.25. The number of carbonyl (C=O) groups excluding carboxylic acids is 1. The van der Waals surface area contributed by atoms with Crippen molar-refractivity contribution in [1.82, 2.24) is 19.7 Å². The summed E-state index contributed by atoms with van der Waals surface area (Å²) in [5.41, 5.74) is 3.22. The standard InChI is InChI=1S/C28H28N6O4/c1-5-38-22-13-12-18(15-23(22)37-4)25-24(27(35)31-19-9-8-14-29-16-19)17(2)30-28-32-26(33-34(25)28)20-10-6-7-11-21(20)36-3/h6-16,25H,5H2,1-4H3,(H,31,35)(H,30,32,33). The molecule has 0 bridgehead atoms. The third kappa shape index (κ3) is 4.63. The van der Waals surface area contributed by atoms with E-state index in [4.69, 9.17) is 24.3 Å². The Morgan fingerprint density at radius 3 is 2.61 bits per heavy atom. The van der Waals surface area contributed by atoms with Gasteiger partial charge >= 0.3 is 0 Å². The van der Waals surface area contributed by atoms with Crippen molar-refractivity contribution in [3.8, 4) is 28.6 Å². The summed E-state index contributed by atoms with van der Waals surface area (Å²) in [7, 11) is 3.19. The number of fused-ring (bicyclic) bond motifs is 1. The first kappa shape index (κ1) is 24.8. The Balaban J connectivity index is 1.64. The van der Waals surface area contributed by atoms with Crippen molar-refractivity contribution >= 4 is 17.5 Å². The highest BCUT2D eigenvalue weighted by Gasteiger charge is 2.35. The van der Waals surface area contributed by atoms with E-state index in [0.29, 0.717) is 52.6 Å². The molecule has 0 radical (unpaired) electrons. The normalized spacial score (nSPS) is 14.4. The lowest BCUT2D eigenvalue weighted by Crippen LogP contribution is -2.31. The second-order valence-corrected chi connectivity index (χ2v) is 8.51. The van der Waals surface area contributed by atoms with Gasteiger partial charge in [-0.2, -0.15) is 4.98 Å². The summed E-state index contributed by atoms with van der Waals surface area (Å²) >= 11 is 0. The van der Waals surface area contributed by atoms with Crippen LogP contribution in [0.3, 0.4) is 0 Å². The minimum atomic E-state index is -0.608. The molecule has 1 unspecified atom stereocenters. The molecule has 1 aliphatic heterocycles. The summed E-state index contributed by atoms with van der Waals surface area (Å²) in [6, 6.07) is 16.1. The molecule has 3 heterocycles. The van der Waals surface area contributed by atoms with Crippen LogP contribution in [0.5, 0.6) is 17.2 Å². The fourth-order valence-corrected chi connectivity index (χ4v) is 4.46. The van der Waals surface area contributed by atoms with Gasteiger partial charge in [0.1, 0.15) is 11.8 Å². The van der Waals surface area contributed by atoms with Crippen molar-refractivity contribution in [2.24, 2.45) is 0 Å². The van der Waals surface area contributed by atoms with Gasteiger partial charge in [0.15, 0.2) is 17.3 Å². The third-order valence-electron chi connectivity index (χ3n) is 6.17. The number of rotatable bonds is 8. The Morgan fingerprint density at radius 2 is 1.87 bits per heavy atom. The summed E-state index contributed by atoms with van der Waals surface area (Å²) < 4.78 is 18.6. The zero-order chi connectivity index (χ0) is 26.6. The number of para-hydroxylation sites is 1. The molecule has 38 heavy (non-hydrogen) atoms. The lowest BCUT2D eigenvalue weighted by atomic mass is 9.94. The van der Waals surface area contributed by atoms with Crippen LogP contribution in [0.15, 0.2) is 78.3 Å². The molecule has 0 saturated heterocycles. The number of anilines is 2. The smallest absolute Gasteiger partial charge is 0.255 e. The number of methoxy groups -OCH3 is 2. The molecule has 0 spiro atoms. The summed E-state index contributed by atoms with van der Waals surface area (Å²) in [4.78, 5) is 22.6. The highest BCUT2D eigenvalue weighted by molar-refractivity contribution is 6.06. The van der Waals surface area contributed by atoms with Gasteiger partial charge in [-0.15, -0.1) is 5.10 Å². The number of aromatic nitrogens is 4. The van der Waals surface area contributed by atoms with E-state index in [9.17, 15) is 4.79 Å². The maximum atomic E-state index is 13.7. The molecule has 2 aromatic heterocycles. The Kier molecular flexibility index (Phi) is 6.94. The second-order valence-electron chi connectivity index (χ2n) is 8.51. The van der Waals surface area contributed by atoms with Crippen LogP contribution in [-0.2, 0) is 4.79 Å². The van der Waals surface area contributed by atoms with Crippen LogP contribution in [-0.4, -0.2) is 46.5 Å². The van der Waals surface area contributed by atoms with E-state index in [2.05, 4.69) is 15.6 Å². The monoisotopic (exact) mass is 512 g/mol. The first-order valence-corrected chi connectivity index (χ1v) is 12.1. The molecule has 0 saturated carbocycles. The van der Waals surface area contributed by atoms with E-state index in [0.717, 1.165) is 11.1 Å². The number of hydrogen-bond donors (Lipinski definition) is 2. The summed E-state index contributed by atoms with van der Waals surface area (Å²) in [6.07, 6.45) is 3.25. The van der Waals surface area contributed by atoms with Crippen LogP contribution in [0, 0.1) is 0 Å². The van der Waals surface area contributed by atoms with Crippen molar-refractivity contribution in [2.75, 3.05) is 31.5 Å². The minimum Gasteiger partial charge on any atom is -0.496 e. The molecule has 0 fully saturated rings. The van der Waals surface area contributed by atoms with Crippen molar-refractivity contribution < 1.29 is 19.0 Å². The highest BCUT2D eigenvalue weighted by Crippen LogP contribution is 2.40. The number of hydrogen-bond acceptors (Lipinski definition) is 8. The Morgan fingerprint density at radius 1 is 1.05 bits per heavy atom. The van der Waals surface area contributed by atoms with E-state index >= 15 is 0 Å². The van der Waals surface area contributed by atoms with Crippen molar-refractivity contribution in [1.29, 1.82) is 0 Å². The highest BCUT2D eigenvalue weighted by atomic mass is 16.5. The summed E-state index contributed by atoms with van der Waals surface area (Å²) in [5, 5.41) is 11.1. The largest absolute Gasteiger partial charge is 0.496 e. The second kappa shape index (κ2) is 10.6. The minimum absolute atomic E-state index is 0.291. The lowest BCUT2D eigenvalue weighted by molar-refractivity contribution is -0.113. The van der Waals surface area contributed by atoms with Gasteiger partial charge in [-0.1, -0.05) is 18.2 Å². The number of amides is 1. The van der Waals surface area contributed by atoms with Gasteiger partial charge in [-0.3, -0.25) is 9.78 Å². The maximum Gasteiger partial charge on any atom is 0.255 e. The first-order valence-electron chi connectivity index (χ1n) is 12.1. The van der Waals surface area contributed by atoms with Gasteiger partial charge in [-0.05, 0) is 55.8 Å². The maximum absolute atomic E-state index is 13.7. The molecular weight excluding hydrogens is 484 g/mol. The molecule has 10 heteroatoms. The van der Waals surface area contributed by atoms with Crippen LogP contribution in [0.1, 0.15) is 25.5 Å². The molecule has 2 aromatic carbocycles. The fourth-order valence-electron chi connectivity index (χ4n) is 4.46. The van der Waals surface area contributed by atoms with Gasteiger partial charge in [-0.25, -0.2) is 4.68 Å². The molecule has 194 valence electrons. The van der Waals surface area contributed by atoms with E-state index in [-0.39, 0.29) is 5.91 Å². The van der Waals surface area contributed by atoms with Crippen molar-refractivity contribution in [2.45, 2.75) is 19.9 Å². The molecule has 1 atom stereocenters. The molecule has 10 nitrogen and oxygen atoms in total. The number of ether oxygens (including phenoxy) is 3. The number of allylic oxidation sites excluding steroid dienone is 1. The predicted octanol–water partition coefficient (Wildman–Crippen LogP) is 4.68. The molecule has 4 aromatic rings. The number of benzene rings is 2. The van der Waals surface area contributed by atoms with E-state index in [1.54, 1.807) is 43.4 Å². The quantitative estimate of drug-likeness (QED) is 0.350. The van der Waals surface area contributed by atoms with Gasteiger partial charge in [0.05, 0.1) is 43.8 Å². The lowest BCUT2D eigenvalue weighted by Gasteiger charge is -2.29. The Bertz CT molecular complexity index is 1500. The van der Waals surface area contributed by atoms with E-state index < -0.39 is 6.04 Å². The fraction of sp³-hybridized carbons (Fsp3) is 0.214. The van der Waals surface area contributed by atoms with Crippen LogP contribution in [0.25, 0.3) is 11.4 Å². The molecule has 1 aliphatic rings. The first-order chi connectivity index (χ1) is 18.5. The molecule has 1 amide bonds. The van der Waals surface area contributed by atoms with Crippen molar-refractivity contribution in [3.05, 3.63) is 83.8 Å². The van der Waals surface area contributed by atoms with Gasteiger partial charge < -0.3 is 24.8 Å². The molecule has 5 rings (SSSR count). The van der Waals surface area contributed by atoms with Gasteiger partial charge in [0.25, 0.3) is 5.91 Å². The Hall–Kier alpha value is -4.86. The van der Waals surface area contributed by atoms with E-state index in [1.165, 1.54) is 0 Å². The zero-order valence-electron chi connectivity index (χ0n) is 21.6. The topological polar surface area (TPSA) is 112 Å². The SMILES string of the molecule is CCOc1ccc(C2C(C(=O)Nc3cccnc3)=C(C)Nc3nc(-c4ccccc4OC)nn32)cc1OC. The number of pyridine rings is 1. The molecular formula is C28H28N6O4. The predicted molar refractivity (Wildman–Crippen MR) is 144 cm³/mol. The summed E-state index contributed by atoms with van der Waals surface area (Å²) in [5.74, 6) is 2.49. The van der Waals surface area contributed by atoms with Gasteiger partial charge in [0, 0.05) is 11.9 Å². The van der Waals surface area contributed by atoms with Crippen LogP contribution < -0.4 is 24.8 Å². The Labute approximate surface area is 220 Å². The molecule has 0 aliphatic carbocycles. The number of nitrogens with zero attached hydrogens (tertiary/aromatic N) is 4. The molecule has 2 N–H and O–H groups in total. The average molecular weight is 513 g/mol. The van der Waals surface area contributed by atoms with Crippen molar-refractivity contribution in [3.63, 3.8) is 0 Å². The number of carbonyl (C=O) groups is 1. The van der Waals surface area contributed by atoms with E-state index in [1.807, 2.05) is 56.3 Å². The zero-order valence-corrected chi connectivity index (χ0v) is 21.6. The van der Waals surface area contributed by atoms with Crippen LogP contribution in [0.2, 0.25) is 0 Å². The third-order valence-corrected chi connectivity index (χ3v) is 6.17. The van der Waals surface area contributed by atoms with Crippen LogP contribution in [0.4, 0.5) is 11.6 Å². The van der Waals surface area contributed by atoms with Crippen LogP contribution >= 0.6 is 0 Å². The number of nitrogens with one attached hydrogen (secondary N) is 2. The average Bonchev–Trinajstić information content (AvgIpc) is 3.36. The van der Waals surface area contributed by atoms with Gasteiger partial charge in [0.2, 0.25) is 5.95 Å².